The van der Waals surface area contributed by atoms with Gasteiger partial charge in [0.2, 0.25) is 0 Å². The second kappa shape index (κ2) is 3.87. The van der Waals surface area contributed by atoms with E-state index in [0.29, 0.717) is 0 Å². The Morgan fingerprint density at radius 1 is 1.58 bits per heavy atom. The molecule has 4 nitrogen and oxygen atoms in total. The smallest absolute Gasteiger partial charge is 0.320 e. The molecule has 2 fully saturated rings. The molecular weight excluding hydrogens is 156 g/mol. The van der Waals surface area contributed by atoms with E-state index in [1.165, 1.54) is 32.9 Å². The molecule has 4 heteroatoms. The van der Waals surface area contributed by atoms with Gasteiger partial charge in [0.1, 0.15) is 6.04 Å². The van der Waals surface area contributed by atoms with Gasteiger partial charge >= 0.3 is 5.97 Å². The van der Waals surface area contributed by atoms with Gasteiger partial charge in [0, 0.05) is 6.04 Å². The Kier molecular flexibility index (Phi) is 3.05. The van der Waals surface area contributed by atoms with Crippen LogP contribution >= 0.6 is 0 Å². The number of nitrogens with two attached hydrogens (primary N) is 1. The molecule has 2 heterocycles. The highest BCUT2D eigenvalue weighted by atomic mass is 16.4. The van der Waals surface area contributed by atoms with Crippen LogP contribution in [0.2, 0.25) is 0 Å². The summed E-state index contributed by atoms with van der Waals surface area (Å²) in [4.78, 5) is 12.1. The van der Waals surface area contributed by atoms with Crippen LogP contribution in [0.15, 0.2) is 0 Å². The lowest BCUT2D eigenvalue weighted by Crippen LogP contribution is -2.57. The van der Waals surface area contributed by atoms with Gasteiger partial charge in [-0.15, -0.1) is 0 Å². The topological polar surface area (TPSA) is 66.6 Å². The number of carboxylic acids is 1. The number of hydrogen-bond acceptors (Lipinski definition) is 3. The second-order valence-electron chi connectivity index (χ2n) is 3.39. The summed E-state index contributed by atoms with van der Waals surface area (Å²) in [6.45, 7) is 4.21. The lowest BCUT2D eigenvalue weighted by molar-refractivity contribution is -0.138. The van der Waals surface area contributed by atoms with Crippen molar-refractivity contribution in [2.45, 2.75) is 31.8 Å². The van der Waals surface area contributed by atoms with Gasteiger partial charge < -0.3 is 15.7 Å². The predicted molar refractivity (Wildman–Crippen MR) is 45.9 cm³/mol. The van der Waals surface area contributed by atoms with Crippen molar-refractivity contribution in [1.82, 2.24) is 4.90 Å². The Morgan fingerprint density at radius 2 is 1.92 bits per heavy atom. The zero-order valence-electron chi connectivity index (χ0n) is 7.36. The van der Waals surface area contributed by atoms with Crippen molar-refractivity contribution in [3.8, 4) is 0 Å². The SMILES string of the molecule is C1CN2CCC12.CC(N)C(=O)O. The van der Waals surface area contributed by atoms with Crippen LogP contribution in [0.1, 0.15) is 19.8 Å². The predicted octanol–water partition coefficient (Wildman–Crippen LogP) is -0.117. The van der Waals surface area contributed by atoms with Crippen LogP contribution in [0.25, 0.3) is 0 Å². The minimum atomic E-state index is -0.963. The Balaban J connectivity index is 0.000000120. The average molecular weight is 172 g/mol. The van der Waals surface area contributed by atoms with Crippen molar-refractivity contribution in [1.29, 1.82) is 0 Å². The third-order valence-electron chi connectivity index (χ3n) is 2.40. The Morgan fingerprint density at radius 3 is 1.92 bits per heavy atom. The van der Waals surface area contributed by atoms with Crippen LogP contribution in [0, 0.1) is 0 Å². The first kappa shape index (κ1) is 9.48. The molecule has 2 aliphatic rings. The van der Waals surface area contributed by atoms with E-state index in [-0.39, 0.29) is 0 Å². The molecule has 0 bridgehead atoms. The number of carboxylic acid groups (broad SMARTS) is 1. The summed E-state index contributed by atoms with van der Waals surface area (Å²) in [7, 11) is 0. The van der Waals surface area contributed by atoms with E-state index in [1.54, 1.807) is 0 Å². The normalized spacial score (nSPS) is 23.8. The van der Waals surface area contributed by atoms with E-state index in [4.69, 9.17) is 10.8 Å². The van der Waals surface area contributed by atoms with E-state index < -0.39 is 12.0 Å². The Hall–Kier alpha value is -0.610. The number of hydrogen-bond donors (Lipinski definition) is 2. The van der Waals surface area contributed by atoms with E-state index in [0.717, 1.165) is 6.04 Å². The van der Waals surface area contributed by atoms with Crippen LogP contribution in [0.3, 0.4) is 0 Å². The van der Waals surface area contributed by atoms with Gasteiger partial charge in [-0.2, -0.15) is 0 Å². The number of carbonyl (C=O) groups is 1. The van der Waals surface area contributed by atoms with Crippen molar-refractivity contribution in [3.63, 3.8) is 0 Å². The molecule has 2 rings (SSSR count). The van der Waals surface area contributed by atoms with Gasteiger partial charge in [-0.05, 0) is 32.9 Å². The largest absolute Gasteiger partial charge is 0.480 e. The monoisotopic (exact) mass is 172 g/mol. The molecule has 2 aliphatic heterocycles. The fourth-order valence-corrected chi connectivity index (χ4v) is 1.24. The molecular formula is C8H16N2O2. The van der Waals surface area contributed by atoms with Crippen molar-refractivity contribution in [2.24, 2.45) is 5.73 Å². The van der Waals surface area contributed by atoms with Gasteiger partial charge in [-0.25, -0.2) is 0 Å². The fraction of sp³-hybridized carbons (Fsp3) is 0.875. The molecule has 3 N–H and O–H groups in total. The maximum absolute atomic E-state index is 9.57. The maximum Gasteiger partial charge on any atom is 0.320 e. The first-order valence-corrected chi connectivity index (χ1v) is 4.33. The van der Waals surface area contributed by atoms with Crippen LogP contribution in [-0.2, 0) is 4.79 Å². The molecule has 0 radical (unpaired) electrons. The zero-order valence-corrected chi connectivity index (χ0v) is 7.36. The zero-order chi connectivity index (χ0) is 9.14. The number of rotatable bonds is 1. The Labute approximate surface area is 72.3 Å². The minimum Gasteiger partial charge on any atom is -0.480 e. The molecule has 1 unspecified atom stereocenters. The number of piperidine rings is 1. The highest BCUT2D eigenvalue weighted by Crippen LogP contribution is 2.28. The van der Waals surface area contributed by atoms with Crippen molar-refractivity contribution in [2.75, 3.05) is 13.1 Å². The molecule has 0 aromatic carbocycles. The molecule has 0 saturated carbocycles. The third kappa shape index (κ3) is 2.19. The summed E-state index contributed by atoms with van der Waals surface area (Å²) in [5, 5.41) is 7.87. The lowest BCUT2D eigenvalue weighted by Gasteiger charge is -2.50. The minimum absolute atomic E-state index is 0.731. The molecule has 1 atom stereocenters. The summed E-state index contributed by atoms with van der Waals surface area (Å²) in [5.74, 6) is -0.963. The van der Waals surface area contributed by atoms with Crippen LogP contribution < -0.4 is 5.73 Å². The molecule has 0 aromatic rings. The molecule has 0 spiro atoms. The van der Waals surface area contributed by atoms with Gasteiger partial charge in [-0.1, -0.05) is 0 Å². The molecule has 70 valence electrons. The highest BCUT2D eigenvalue weighted by Gasteiger charge is 2.34. The lowest BCUT2D eigenvalue weighted by atomic mass is 9.91. The fourth-order valence-electron chi connectivity index (χ4n) is 1.24. The molecule has 12 heavy (non-hydrogen) atoms. The molecule has 0 aliphatic carbocycles. The van der Waals surface area contributed by atoms with Crippen LogP contribution in [0.5, 0.6) is 0 Å². The highest BCUT2D eigenvalue weighted by molar-refractivity contribution is 5.72. The van der Waals surface area contributed by atoms with Crippen LogP contribution in [-0.4, -0.2) is 41.1 Å². The first-order valence-electron chi connectivity index (χ1n) is 4.33. The van der Waals surface area contributed by atoms with E-state index in [9.17, 15) is 4.79 Å². The van der Waals surface area contributed by atoms with Gasteiger partial charge in [0.05, 0.1) is 0 Å². The van der Waals surface area contributed by atoms with Crippen molar-refractivity contribution >= 4 is 5.97 Å². The third-order valence-corrected chi connectivity index (χ3v) is 2.40. The quantitative estimate of drug-likeness (QED) is 0.579. The van der Waals surface area contributed by atoms with E-state index in [1.807, 2.05) is 0 Å². The van der Waals surface area contributed by atoms with E-state index >= 15 is 0 Å². The average Bonchev–Trinajstić information content (AvgIpc) is 1.97. The second-order valence-corrected chi connectivity index (χ2v) is 3.39. The first-order chi connectivity index (χ1) is 5.61. The maximum atomic E-state index is 9.57. The molecule has 2 saturated heterocycles. The van der Waals surface area contributed by atoms with Crippen LogP contribution in [0.4, 0.5) is 0 Å². The van der Waals surface area contributed by atoms with Crippen molar-refractivity contribution < 1.29 is 9.90 Å². The summed E-state index contributed by atoms with van der Waals surface area (Å²) >= 11 is 0. The van der Waals surface area contributed by atoms with Gasteiger partial charge in [-0.3, -0.25) is 4.79 Å². The number of nitrogens with zero attached hydrogens (tertiary/aromatic N) is 1. The standard InChI is InChI=1S/C5H9N.C3H7NO2/c1-3-6-4-2-5(1)6;1-2(4)3(5)6/h5H,1-4H2;2H,4H2,1H3,(H,5,6). The summed E-state index contributed by atoms with van der Waals surface area (Å²) < 4.78 is 0. The number of fused-ring (bicyclic) bond motifs is 1. The molecule has 0 aromatic heterocycles. The van der Waals surface area contributed by atoms with E-state index in [2.05, 4.69) is 4.90 Å². The summed E-state index contributed by atoms with van der Waals surface area (Å²) in [6.07, 6.45) is 2.97. The Bertz CT molecular complexity index is 152. The van der Waals surface area contributed by atoms with Gasteiger partial charge in [0.15, 0.2) is 0 Å². The molecule has 0 amide bonds. The summed E-state index contributed by atoms with van der Waals surface area (Å²) in [6, 6.07) is 0.315. The van der Waals surface area contributed by atoms with Crippen molar-refractivity contribution in [3.05, 3.63) is 0 Å². The summed E-state index contributed by atoms with van der Waals surface area (Å²) in [5.41, 5.74) is 4.84. The van der Waals surface area contributed by atoms with Gasteiger partial charge in [0.25, 0.3) is 0 Å². The number of aliphatic carboxylic acids is 1.